The minimum Gasteiger partial charge on any atom is -0.452 e. The number of anilines is 2. The highest BCUT2D eigenvalue weighted by atomic mass is 16.6. The number of nitro groups is 2. The quantitative estimate of drug-likeness (QED) is 0.402. The lowest BCUT2D eigenvalue weighted by Gasteiger charge is -2.20. The van der Waals surface area contributed by atoms with E-state index in [1.807, 2.05) is 4.90 Å². The molecule has 3 rings (SSSR count). The number of non-ortho nitro benzene ring substituents is 1. The molecule has 2 aromatic carbocycles. The summed E-state index contributed by atoms with van der Waals surface area (Å²) in [4.78, 5) is 47.6. The molecule has 1 aliphatic rings. The molecule has 11 heteroatoms. The van der Waals surface area contributed by atoms with Gasteiger partial charge in [0, 0.05) is 42.5 Å². The highest BCUT2D eigenvalue weighted by Crippen LogP contribution is 2.29. The third-order valence-electron chi connectivity index (χ3n) is 4.88. The fourth-order valence-electron chi connectivity index (χ4n) is 3.32. The Kier molecular flexibility index (Phi) is 6.43. The van der Waals surface area contributed by atoms with Crippen LogP contribution in [0.3, 0.4) is 0 Å². The molecule has 0 unspecified atom stereocenters. The fourth-order valence-corrected chi connectivity index (χ4v) is 3.32. The largest absolute Gasteiger partial charge is 0.452 e. The van der Waals surface area contributed by atoms with Crippen LogP contribution in [-0.4, -0.2) is 41.4 Å². The molecule has 0 saturated carbocycles. The molecule has 1 amide bonds. The number of carbonyl (C=O) groups excluding carboxylic acids is 2. The zero-order valence-electron chi connectivity index (χ0n) is 16.7. The number of nitrogens with zero attached hydrogens (tertiary/aromatic N) is 3. The van der Waals surface area contributed by atoms with Crippen molar-refractivity contribution in [3.05, 3.63) is 67.8 Å². The molecule has 31 heavy (non-hydrogen) atoms. The minimum absolute atomic E-state index is 0.00914. The molecular formula is C20H20N4O7. The molecule has 0 spiro atoms. The zero-order chi connectivity index (χ0) is 22.5. The molecule has 1 aliphatic heterocycles. The van der Waals surface area contributed by atoms with Gasteiger partial charge in [-0.2, -0.15) is 0 Å². The normalized spacial score (nSPS) is 13.0. The highest BCUT2D eigenvalue weighted by Gasteiger charge is 2.24. The van der Waals surface area contributed by atoms with Crippen molar-refractivity contribution in [2.24, 2.45) is 0 Å². The van der Waals surface area contributed by atoms with Crippen LogP contribution < -0.4 is 10.2 Å². The number of hydrogen-bond acceptors (Lipinski definition) is 8. The van der Waals surface area contributed by atoms with Gasteiger partial charge in [0.1, 0.15) is 0 Å². The first kappa shape index (κ1) is 21.7. The maximum Gasteiger partial charge on any atom is 0.341 e. The van der Waals surface area contributed by atoms with Crippen LogP contribution >= 0.6 is 0 Å². The summed E-state index contributed by atoms with van der Waals surface area (Å²) in [6.07, 6.45) is 1.88. The zero-order valence-corrected chi connectivity index (χ0v) is 16.7. The third-order valence-corrected chi connectivity index (χ3v) is 4.88. The lowest BCUT2D eigenvalue weighted by molar-refractivity contribution is -0.385. The molecule has 1 N–H and O–H groups in total. The van der Waals surface area contributed by atoms with Crippen LogP contribution in [0, 0.1) is 27.2 Å². The van der Waals surface area contributed by atoms with Crippen LogP contribution in [0.25, 0.3) is 0 Å². The number of amides is 1. The average molecular weight is 428 g/mol. The van der Waals surface area contributed by atoms with Crippen molar-refractivity contribution in [1.82, 2.24) is 0 Å². The topological polar surface area (TPSA) is 145 Å². The predicted octanol–water partition coefficient (Wildman–Crippen LogP) is 3.21. The summed E-state index contributed by atoms with van der Waals surface area (Å²) >= 11 is 0. The van der Waals surface area contributed by atoms with E-state index in [9.17, 15) is 29.8 Å². The SMILES string of the molecule is Cc1ccc(NC(=O)COC(=O)c2cc([N+](=O)[O-])ccc2N2CCCC2)cc1[N+](=O)[O-]. The number of rotatable bonds is 7. The minimum atomic E-state index is -0.865. The summed E-state index contributed by atoms with van der Waals surface area (Å²) in [5, 5.41) is 24.6. The van der Waals surface area contributed by atoms with Crippen molar-refractivity contribution in [3.63, 3.8) is 0 Å². The van der Waals surface area contributed by atoms with E-state index in [-0.39, 0.29) is 22.6 Å². The second-order valence-corrected chi connectivity index (χ2v) is 7.04. The summed E-state index contributed by atoms with van der Waals surface area (Å²) in [6, 6.07) is 8.16. The van der Waals surface area contributed by atoms with Gasteiger partial charge in [-0.05, 0) is 31.9 Å². The number of benzene rings is 2. The van der Waals surface area contributed by atoms with Gasteiger partial charge in [0.25, 0.3) is 17.3 Å². The summed E-state index contributed by atoms with van der Waals surface area (Å²) < 4.78 is 5.06. The van der Waals surface area contributed by atoms with Gasteiger partial charge in [-0.25, -0.2) is 4.79 Å². The number of carbonyl (C=O) groups is 2. The van der Waals surface area contributed by atoms with Crippen LogP contribution in [0.1, 0.15) is 28.8 Å². The monoisotopic (exact) mass is 428 g/mol. The Balaban J connectivity index is 1.70. The van der Waals surface area contributed by atoms with E-state index in [1.54, 1.807) is 6.92 Å². The van der Waals surface area contributed by atoms with Crippen molar-refractivity contribution < 1.29 is 24.2 Å². The molecule has 2 aromatic rings. The van der Waals surface area contributed by atoms with Gasteiger partial charge in [0.15, 0.2) is 6.61 Å². The van der Waals surface area contributed by atoms with Gasteiger partial charge in [-0.3, -0.25) is 25.0 Å². The number of nitrogens with one attached hydrogen (secondary N) is 1. The van der Waals surface area contributed by atoms with Gasteiger partial charge < -0.3 is 15.0 Å². The molecule has 1 saturated heterocycles. The molecule has 1 fully saturated rings. The second kappa shape index (κ2) is 9.20. The Morgan fingerprint density at radius 2 is 1.77 bits per heavy atom. The molecular weight excluding hydrogens is 408 g/mol. The number of hydrogen-bond donors (Lipinski definition) is 1. The number of ether oxygens (including phenoxy) is 1. The van der Waals surface area contributed by atoms with Gasteiger partial charge in [0.05, 0.1) is 21.1 Å². The van der Waals surface area contributed by atoms with Crippen LogP contribution in [0.5, 0.6) is 0 Å². The van der Waals surface area contributed by atoms with E-state index in [0.29, 0.717) is 24.3 Å². The first-order valence-electron chi connectivity index (χ1n) is 9.51. The summed E-state index contributed by atoms with van der Waals surface area (Å²) in [7, 11) is 0. The molecule has 1 heterocycles. The lowest BCUT2D eigenvalue weighted by atomic mass is 10.1. The van der Waals surface area contributed by atoms with E-state index >= 15 is 0 Å². The average Bonchev–Trinajstić information content (AvgIpc) is 3.27. The standard InChI is InChI=1S/C20H20N4O7/c1-13-4-5-14(10-18(13)24(29)30)21-19(25)12-31-20(26)16-11-15(23(27)28)6-7-17(16)22-8-2-3-9-22/h4-7,10-11H,2-3,8-9,12H2,1H3,(H,21,25). The van der Waals surface area contributed by atoms with Gasteiger partial charge in [-0.1, -0.05) is 6.07 Å². The van der Waals surface area contributed by atoms with Crippen LogP contribution in [0.15, 0.2) is 36.4 Å². The highest BCUT2D eigenvalue weighted by molar-refractivity contribution is 5.99. The van der Waals surface area contributed by atoms with Crippen LogP contribution in [0.4, 0.5) is 22.7 Å². The van der Waals surface area contributed by atoms with Crippen molar-refractivity contribution in [1.29, 1.82) is 0 Å². The Morgan fingerprint density at radius 1 is 1.06 bits per heavy atom. The van der Waals surface area contributed by atoms with Gasteiger partial charge >= 0.3 is 5.97 Å². The molecule has 162 valence electrons. The number of esters is 1. The maximum atomic E-state index is 12.6. The number of aryl methyl sites for hydroxylation is 1. The maximum absolute atomic E-state index is 12.6. The Labute approximate surface area is 176 Å². The molecule has 0 aliphatic carbocycles. The van der Waals surface area contributed by atoms with Crippen molar-refractivity contribution in [2.45, 2.75) is 19.8 Å². The van der Waals surface area contributed by atoms with Crippen LogP contribution in [0.2, 0.25) is 0 Å². The van der Waals surface area contributed by atoms with E-state index in [1.165, 1.54) is 30.3 Å². The van der Waals surface area contributed by atoms with Crippen LogP contribution in [-0.2, 0) is 9.53 Å². The fraction of sp³-hybridized carbons (Fsp3) is 0.300. The summed E-state index contributed by atoms with van der Waals surface area (Å²) in [5.74, 6) is -1.56. The lowest BCUT2D eigenvalue weighted by Crippen LogP contribution is -2.24. The smallest absolute Gasteiger partial charge is 0.341 e. The Morgan fingerprint density at radius 3 is 2.42 bits per heavy atom. The summed E-state index contributed by atoms with van der Waals surface area (Å²) in [6.45, 7) is 2.35. The van der Waals surface area contributed by atoms with Gasteiger partial charge in [0.2, 0.25) is 0 Å². The molecule has 0 bridgehead atoms. The van der Waals surface area contributed by atoms with Crippen molar-refractivity contribution in [3.8, 4) is 0 Å². The molecule has 11 nitrogen and oxygen atoms in total. The van der Waals surface area contributed by atoms with Crippen molar-refractivity contribution >= 4 is 34.6 Å². The molecule has 0 aromatic heterocycles. The Bertz CT molecular complexity index is 1050. The molecule has 0 atom stereocenters. The third kappa shape index (κ3) is 5.13. The summed E-state index contributed by atoms with van der Waals surface area (Å²) in [5.41, 5.74) is 0.742. The van der Waals surface area contributed by atoms with Crippen molar-refractivity contribution in [2.75, 3.05) is 29.9 Å². The van der Waals surface area contributed by atoms with E-state index in [0.717, 1.165) is 18.9 Å². The first-order chi connectivity index (χ1) is 14.8. The first-order valence-corrected chi connectivity index (χ1v) is 9.51. The van der Waals surface area contributed by atoms with E-state index in [4.69, 9.17) is 4.74 Å². The van der Waals surface area contributed by atoms with Gasteiger partial charge in [-0.15, -0.1) is 0 Å². The van der Waals surface area contributed by atoms with E-state index < -0.39 is 28.3 Å². The second-order valence-electron chi connectivity index (χ2n) is 7.04. The molecule has 0 radical (unpaired) electrons. The number of nitro benzene ring substituents is 2. The van der Waals surface area contributed by atoms with E-state index in [2.05, 4.69) is 5.32 Å². The predicted molar refractivity (Wildman–Crippen MR) is 111 cm³/mol. The Hall–Kier alpha value is -4.02.